The number of hydrogen-bond acceptors (Lipinski definition) is 1. The minimum absolute atomic E-state index is 0.811. The van der Waals surface area contributed by atoms with Crippen LogP contribution in [0.15, 0.2) is 24.3 Å². The second-order valence-electron chi connectivity index (χ2n) is 5.63. The average molecular weight is 305 g/mol. The van der Waals surface area contributed by atoms with Gasteiger partial charge in [-0.25, -0.2) is 0 Å². The summed E-state index contributed by atoms with van der Waals surface area (Å²) in [6.07, 6.45) is 0.811. The molecule has 0 saturated carbocycles. The van der Waals surface area contributed by atoms with Crippen molar-refractivity contribution < 1.29 is 4.52 Å². The van der Waals surface area contributed by atoms with Crippen LogP contribution in [0.1, 0.15) is 27.8 Å². The molecule has 0 fully saturated rings. The fraction of sp³-hybridized carbons (Fsp3) is 0.294. The zero-order valence-corrected chi connectivity index (χ0v) is 13.9. The van der Waals surface area contributed by atoms with Gasteiger partial charge in [0.25, 0.3) is 0 Å². The Kier molecular flexibility index (Phi) is 3.52. The molecule has 20 heavy (non-hydrogen) atoms. The second kappa shape index (κ2) is 5.06. The number of rotatable bonds is 0. The lowest BCUT2D eigenvalue weighted by Gasteiger charge is -2.14. The van der Waals surface area contributed by atoms with Crippen molar-refractivity contribution in [2.45, 2.75) is 33.9 Å². The topological polar surface area (TPSA) is 9.23 Å². The summed E-state index contributed by atoms with van der Waals surface area (Å²) in [5.74, 6) is 0.959. The summed E-state index contributed by atoms with van der Waals surface area (Å²) in [6, 6.07) is 8.86. The van der Waals surface area contributed by atoms with E-state index in [4.69, 9.17) is 15.8 Å². The molecule has 0 bridgehead atoms. The van der Waals surface area contributed by atoms with E-state index in [1.54, 1.807) is 0 Å². The fourth-order valence-corrected chi connectivity index (χ4v) is 4.72. The molecule has 0 aromatic heterocycles. The minimum Gasteiger partial charge on any atom is -0.456 e. The van der Waals surface area contributed by atoms with Gasteiger partial charge in [-0.2, -0.15) is 0 Å². The molecule has 1 aliphatic rings. The van der Waals surface area contributed by atoms with Crippen LogP contribution in [0.3, 0.4) is 0 Å². The predicted molar refractivity (Wildman–Crippen MR) is 87.9 cm³/mol. The molecule has 2 aromatic carbocycles. The molecule has 1 aliphatic heterocycles. The summed E-state index contributed by atoms with van der Waals surface area (Å²) in [5.41, 5.74) is 8.83. The largest absolute Gasteiger partial charge is 0.456 e. The van der Waals surface area contributed by atoms with Gasteiger partial charge in [-0.05, 0) is 72.8 Å². The Morgan fingerprint density at radius 1 is 0.900 bits per heavy atom. The van der Waals surface area contributed by atoms with Gasteiger partial charge < -0.3 is 4.52 Å². The Hall–Kier alpha value is -1.04. The van der Waals surface area contributed by atoms with Crippen LogP contribution < -0.4 is 4.52 Å². The molecule has 0 radical (unpaired) electrons. The van der Waals surface area contributed by atoms with Crippen molar-refractivity contribution in [3.63, 3.8) is 0 Å². The normalized spacial score (nSPS) is 16.9. The summed E-state index contributed by atoms with van der Waals surface area (Å²) in [4.78, 5) is 0. The lowest BCUT2D eigenvalue weighted by molar-refractivity contribution is 0.623. The number of benzene rings is 2. The quantitative estimate of drug-likeness (QED) is 0.540. The Morgan fingerprint density at radius 3 is 2.20 bits per heavy atom. The summed E-state index contributed by atoms with van der Waals surface area (Å²) >= 11 is 6.44. The van der Waals surface area contributed by atoms with Gasteiger partial charge in [0.05, 0.1) is 0 Å². The van der Waals surface area contributed by atoms with Gasteiger partial charge in [-0.3, -0.25) is 0 Å². The molecule has 1 unspecified atom stereocenters. The monoisotopic (exact) mass is 304 g/mol. The molecular weight excluding hydrogens is 287 g/mol. The first kappa shape index (κ1) is 13.9. The van der Waals surface area contributed by atoms with Crippen LogP contribution in [0.2, 0.25) is 0 Å². The van der Waals surface area contributed by atoms with Crippen LogP contribution in [-0.4, -0.2) is 0 Å². The van der Waals surface area contributed by atoms with Gasteiger partial charge in [0.15, 0.2) is 7.50 Å². The molecule has 1 heterocycles. The van der Waals surface area contributed by atoms with Gasteiger partial charge in [0.2, 0.25) is 0 Å². The Balaban J connectivity index is 2.37. The van der Waals surface area contributed by atoms with Crippen molar-refractivity contribution in [1.29, 1.82) is 0 Å². The molecule has 0 N–H and O–H groups in total. The SMILES string of the molecule is Cc1cc(C)c2c(c1)-c1cc(C)cc(C)c1OP(Cl)C2. The van der Waals surface area contributed by atoms with E-state index < -0.39 is 7.50 Å². The van der Waals surface area contributed by atoms with Gasteiger partial charge >= 0.3 is 0 Å². The van der Waals surface area contributed by atoms with Gasteiger partial charge in [0.1, 0.15) is 5.75 Å². The van der Waals surface area contributed by atoms with Crippen LogP contribution in [0.5, 0.6) is 5.75 Å². The zero-order valence-electron chi connectivity index (χ0n) is 12.2. The van der Waals surface area contributed by atoms with Gasteiger partial charge in [0, 0.05) is 11.7 Å². The van der Waals surface area contributed by atoms with Crippen LogP contribution in [0.4, 0.5) is 0 Å². The van der Waals surface area contributed by atoms with E-state index in [9.17, 15) is 0 Å². The molecule has 3 rings (SSSR count). The fourth-order valence-electron chi connectivity index (χ4n) is 2.98. The van der Waals surface area contributed by atoms with E-state index in [1.807, 2.05) is 0 Å². The summed E-state index contributed by atoms with van der Waals surface area (Å²) in [5, 5.41) is 0. The second-order valence-corrected chi connectivity index (χ2v) is 7.90. The molecule has 0 amide bonds. The molecule has 1 nitrogen and oxygen atoms in total. The van der Waals surface area contributed by atoms with Crippen molar-refractivity contribution in [3.05, 3.63) is 52.1 Å². The Morgan fingerprint density at radius 2 is 1.50 bits per heavy atom. The number of fused-ring (bicyclic) bond motifs is 3. The summed E-state index contributed by atoms with van der Waals surface area (Å²) in [6.45, 7) is 8.54. The standard InChI is InChI=1S/C17H18ClOP/c1-10-5-12(3)16-9-20(18)19-17-13(4)6-11(2)8-15(17)14(16)7-10/h5-8H,9H2,1-4H3. The highest BCUT2D eigenvalue weighted by atomic mass is 35.7. The summed E-state index contributed by atoms with van der Waals surface area (Å²) < 4.78 is 6.05. The highest BCUT2D eigenvalue weighted by Gasteiger charge is 2.24. The first-order valence-corrected chi connectivity index (χ1v) is 9.13. The third kappa shape index (κ3) is 2.34. The molecule has 3 heteroatoms. The lowest BCUT2D eigenvalue weighted by Crippen LogP contribution is -1.93. The van der Waals surface area contributed by atoms with Crippen LogP contribution >= 0.6 is 18.7 Å². The number of halogens is 1. The molecule has 104 valence electrons. The van der Waals surface area contributed by atoms with E-state index in [1.165, 1.54) is 38.9 Å². The molecule has 0 aliphatic carbocycles. The van der Waals surface area contributed by atoms with Crippen LogP contribution in [-0.2, 0) is 6.16 Å². The van der Waals surface area contributed by atoms with E-state index in [-0.39, 0.29) is 0 Å². The minimum atomic E-state index is -0.971. The first-order chi connectivity index (χ1) is 9.45. The smallest absolute Gasteiger partial charge is 0.187 e. The number of aryl methyl sites for hydroxylation is 4. The van der Waals surface area contributed by atoms with Crippen molar-refractivity contribution in [3.8, 4) is 16.9 Å². The van der Waals surface area contributed by atoms with Crippen molar-refractivity contribution in [2.75, 3.05) is 0 Å². The van der Waals surface area contributed by atoms with Crippen molar-refractivity contribution in [2.24, 2.45) is 0 Å². The van der Waals surface area contributed by atoms with Crippen LogP contribution in [0, 0.1) is 27.7 Å². The van der Waals surface area contributed by atoms with Crippen LogP contribution in [0.25, 0.3) is 11.1 Å². The molecule has 0 spiro atoms. The highest BCUT2D eigenvalue weighted by Crippen LogP contribution is 2.55. The highest BCUT2D eigenvalue weighted by molar-refractivity contribution is 7.79. The maximum Gasteiger partial charge on any atom is 0.187 e. The molecule has 0 saturated heterocycles. The van der Waals surface area contributed by atoms with Crippen molar-refractivity contribution >= 4 is 18.7 Å². The third-order valence-electron chi connectivity index (χ3n) is 3.80. The zero-order chi connectivity index (χ0) is 14.4. The van der Waals surface area contributed by atoms with E-state index in [0.29, 0.717) is 0 Å². The Bertz CT molecular complexity index is 634. The maximum absolute atomic E-state index is 6.44. The lowest BCUT2D eigenvalue weighted by atomic mass is 9.92. The number of hydrogen-bond donors (Lipinski definition) is 0. The van der Waals surface area contributed by atoms with E-state index in [0.717, 1.165) is 11.9 Å². The van der Waals surface area contributed by atoms with E-state index in [2.05, 4.69) is 52.0 Å². The molecular formula is C17H18ClOP. The summed E-state index contributed by atoms with van der Waals surface area (Å²) in [7, 11) is -0.971. The molecule has 2 aromatic rings. The first-order valence-electron chi connectivity index (χ1n) is 6.78. The maximum atomic E-state index is 6.44. The average Bonchev–Trinajstić information content (AvgIpc) is 2.48. The predicted octanol–water partition coefficient (Wildman–Crippen LogP) is 6.03. The van der Waals surface area contributed by atoms with Gasteiger partial charge in [-0.1, -0.05) is 23.8 Å². The van der Waals surface area contributed by atoms with Gasteiger partial charge in [-0.15, -0.1) is 0 Å². The van der Waals surface area contributed by atoms with Crippen molar-refractivity contribution in [1.82, 2.24) is 0 Å². The Labute approximate surface area is 126 Å². The van der Waals surface area contributed by atoms with E-state index >= 15 is 0 Å². The molecule has 1 atom stereocenters. The third-order valence-corrected chi connectivity index (χ3v) is 5.31.